The van der Waals surface area contributed by atoms with Gasteiger partial charge in [-0.2, -0.15) is 0 Å². The molecule has 1 atom stereocenters. The fourth-order valence-corrected chi connectivity index (χ4v) is 4.61. The van der Waals surface area contributed by atoms with Gasteiger partial charge in [-0.3, -0.25) is 14.5 Å². The van der Waals surface area contributed by atoms with Crippen molar-refractivity contribution in [3.8, 4) is 5.75 Å². The number of methoxy groups -OCH3 is 1. The molecule has 0 aromatic heterocycles. The number of Topliss-reactive ketones (excluding diaryl/α,β-unsaturated/α-hetero) is 1. The van der Waals surface area contributed by atoms with Gasteiger partial charge in [0.15, 0.2) is 0 Å². The fraction of sp³-hybridized carbons (Fsp3) is 0.360. The third-order valence-electron chi connectivity index (χ3n) is 6.06. The van der Waals surface area contributed by atoms with Gasteiger partial charge in [0.05, 0.1) is 37.0 Å². The zero-order valence-corrected chi connectivity index (χ0v) is 19.3. The number of ether oxygens (including phenoxy) is 2. The Morgan fingerprint density at radius 1 is 1.12 bits per heavy atom. The Hall–Kier alpha value is -2.87. The molecular formula is C25H27ClN2O5. The first-order valence-corrected chi connectivity index (χ1v) is 11.4. The van der Waals surface area contributed by atoms with Crippen LogP contribution in [0.5, 0.6) is 5.75 Å². The molecule has 2 aliphatic rings. The zero-order chi connectivity index (χ0) is 23.4. The fourth-order valence-electron chi connectivity index (χ4n) is 4.35. The lowest BCUT2D eigenvalue weighted by atomic mass is 9.95. The Bertz CT molecular complexity index is 1050. The van der Waals surface area contributed by atoms with E-state index in [9.17, 15) is 14.7 Å². The van der Waals surface area contributed by atoms with Crippen LogP contribution in [0.4, 0.5) is 0 Å². The van der Waals surface area contributed by atoms with Crippen molar-refractivity contribution >= 4 is 29.1 Å². The number of carbonyl (C=O) groups is 2. The van der Waals surface area contributed by atoms with Gasteiger partial charge in [-0.25, -0.2) is 0 Å². The molecule has 8 heteroatoms. The van der Waals surface area contributed by atoms with E-state index in [1.54, 1.807) is 17.0 Å². The zero-order valence-electron chi connectivity index (χ0n) is 18.5. The van der Waals surface area contributed by atoms with Crippen LogP contribution in [0.1, 0.15) is 23.6 Å². The second-order valence-electron chi connectivity index (χ2n) is 8.06. The number of hydrogen-bond acceptors (Lipinski definition) is 6. The molecule has 1 amide bonds. The molecule has 0 bridgehead atoms. The Kier molecular flexibility index (Phi) is 7.33. The predicted octanol–water partition coefficient (Wildman–Crippen LogP) is 3.49. The molecule has 2 fully saturated rings. The number of rotatable bonds is 7. The van der Waals surface area contributed by atoms with Crippen molar-refractivity contribution in [3.63, 3.8) is 0 Å². The van der Waals surface area contributed by atoms with Crippen LogP contribution in [0, 0.1) is 0 Å². The molecule has 2 aromatic carbocycles. The summed E-state index contributed by atoms with van der Waals surface area (Å²) in [5, 5.41) is 11.4. The number of aliphatic hydroxyl groups excluding tert-OH is 1. The molecule has 0 aliphatic carbocycles. The summed E-state index contributed by atoms with van der Waals surface area (Å²) in [5.41, 5.74) is 1.19. The quantitative estimate of drug-likeness (QED) is 0.379. The highest BCUT2D eigenvalue weighted by Crippen LogP contribution is 2.40. The van der Waals surface area contributed by atoms with Gasteiger partial charge in [0.2, 0.25) is 0 Å². The van der Waals surface area contributed by atoms with Gasteiger partial charge in [-0.05, 0) is 30.2 Å². The summed E-state index contributed by atoms with van der Waals surface area (Å²) in [7, 11) is 1.50. The van der Waals surface area contributed by atoms with E-state index in [2.05, 4.69) is 4.90 Å². The van der Waals surface area contributed by atoms with Gasteiger partial charge >= 0.3 is 0 Å². The number of halogens is 1. The topological polar surface area (TPSA) is 79.3 Å². The molecule has 1 N–H and O–H groups in total. The molecule has 2 aromatic rings. The van der Waals surface area contributed by atoms with E-state index in [4.69, 9.17) is 21.1 Å². The predicted molar refractivity (Wildman–Crippen MR) is 125 cm³/mol. The summed E-state index contributed by atoms with van der Waals surface area (Å²) in [5.74, 6) is -1.09. The van der Waals surface area contributed by atoms with Crippen LogP contribution in [0.25, 0.3) is 5.76 Å². The molecule has 2 heterocycles. The number of aliphatic hydroxyl groups is 1. The van der Waals surface area contributed by atoms with Crippen LogP contribution in [0.2, 0.25) is 5.02 Å². The van der Waals surface area contributed by atoms with E-state index in [0.29, 0.717) is 42.5 Å². The number of likely N-dealkylation sites (tertiary alicyclic amines) is 1. The Morgan fingerprint density at radius 3 is 2.52 bits per heavy atom. The maximum absolute atomic E-state index is 13.1. The van der Waals surface area contributed by atoms with Gasteiger partial charge in [-0.1, -0.05) is 41.9 Å². The average molecular weight is 471 g/mol. The lowest BCUT2D eigenvalue weighted by Gasteiger charge is -2.29. The summed E-state index contributed by atoms with van der Waals surface area (Å²) >= 11 is 6.24. The van der Waals surface area contributed by atoms with Crippen LogP contribution >= 0.6 is 11.6 Å². The van der Waals surface area contributed by atoms with E-state index in [-0.39, 0.29) is 11.3 Å². The molecule has 7 nitrogen and oxygen atoms in total. The molecule has 174 valence electrons. The second kappa shape index (κ2) is 10.4. The lowest BCUT2D eigenvalue weighted by molar-refractivity contribution is -0.140. The van der Waals surface area contributed by atoms with Crippen molar-refractivity contribution < 1.29 is 24.2 Å². The smallest absolute Gasteiger partial charge is 0.295 e. The third-order valence-corrected chi connectivity index (χ3v) is 6.35. The molecule has 0 unspecified atom stereocenters. The highest BCUT2D eigenvalue weighted by molar-refractivity contribution is 6.46. The van der Waals surface area contributed by atoms with Gasteiger partial charge in [0, 0.05) is 31.7 Å². The van der Waals surface area contributed by atoms with E-state index in [0.717, 1.165) is 25.2 Å². The number of ketones is 1. The Labute approximate surface area is 198 Å². The minimum absolute atomic E-state index is 0.0683. The first kappa shape index (κ1) is 23.3. The van der Waals surface area contributed by atoms with E-state index in [1.165, 1.54) is 13.2 Å². The van der Waals surface area contributed by atoms with Crippen LogP contribution in [0.15, 0.2) is 54.1 Å². The number of benzene rings is 2. The number of amides is 1. The van der Waals surface area contributed by atoms with Crippen LogP contribution in [0.3, 0.4) is 0 Å². The monoisotopic (exact) mass is 470 g/mol. The lowest BCUT2D eigenvalue weighted by Crippen LogP contribution is -2.38. The molecular weight excluding hydrogens is 444 g/mol. The summed E-state index contributed by atoms with van der Waals surface area (Å²) < 4.78 is 10.6. The molecule has 2 aliphatic heterocycles. The first-order valence-electron chi connectivity index (χ1n) is 11.0. The summed E-state index contributed by atoms with van der Waals surface area (Å²) in [6.07, 6.45) is 0.713. The van der Waals surface area contributed by atoms with E-state index >= 15 is 0 Å². The van der Waals surface area contributed by atoms with Gasteiger partial charge in [0.25, 0.3) is 11.7 Å². The Balaban J connectivity index is 1.66. The van der Waals surface area contributed by atoms with Crippen molar-refractivity contribution in [2.75, 3.05) is 46.5 Å². The van der Waals surface area contributed by atoms with Gasteiger partial charge in [0.1, 0.15) is 11.5 Å². The van der Waals surface area contributed by atoms with Gasteiger partial charge in [-0.15, -0.1) is 0 Å². The van der Waals surface area contributed by atoms with Crippen molar-refractivity contribution in [2.45, 2.75) is 12.5 Å². The van der Waals surface area contributed by atoms with Crippen LogP contribution in [-0.4, -0.2) is 73.1 Å². The third kappa shape index (κ3) is 4.90. The average Bonchev–Trinajstić information content (AvgIpc) is 3.10. The SMILES string of the molecule is COc1ccc(/C(O)=C2\C(=O)C(=O)N(CCCN3CCOCC3)[C@H]2c2ccccc2)cc1Cl. The number of carbonyl (C=O) groups excluding carboxylic acids is 2. The largest absolute Gasteiger partial charge is 0.507 e. The maximum atomic E-state index is 13.1. The van der Waals surface area contributed by atoms with Crippen molar-refractivity contribution in [1.29, 1.82) is 0 Å². The number of hydrogen-bond donors (Lipinski definition) is 1. The number of morpholine rings is 1. The highest BCUT2D eigenvalue weighted by Gasteiger charge is 2.45. The van der Waals surface area contributed by atoms with Gasteiger partial charge < -0.3 is 19.5 Å². The molecule has 0 spiro atoms. The summed E-state index contributed by atoms with van der Waals surface area (Å²) in [4.78, 5) is 30.0. The molecule has 2 saturated heterocycles. The van der Waals surface area contributed by atoms with Crippen molar-refractivity contribution in [1.82, 2.24) is 9.80 Å². The normalized spacial score (nSPS) is 20.9. The summed E-state index contributed by atoms with van der Waals surface area (Å²) in [6.45, 7) is 4.35. The molecule has 33 heavy (non-hydrogen) atoms. The highest BCUT2D eigenvalue weighted by atomic mass is 35.5. The molecule has 0 radical (unpaired) electrons. The second-order valence-corrected chi connectivity index (χ2v) is 8.47. The van der Waals surface area contributed by atoms with Crippen molar-refractivity contribution in [2.24, 2.45) is 0 Å². The standard InChI is InChI=1S/C25H27ClN2O5/c1-32-20-9-8-18(16-19(20)26)23(29)21-22(17-6-3-2-4-7-17)28(25(31)24(21)30)11-5-10-27-12-14-33-15-13-27/h2-4,6-9,16,22,29H,5,10-15H2,1H3/b23-21+/t22-/m0/s1. The minimum atomic E-state index is -0.695. The molecule has 4 rings (SSSR count). The van der Waals surface area contributed by atoms with E-state index < -0.39 is 17.7 Å². The summed E-state index contributed by atoms with van der Waals surface area (Å²) in [6, 6.07) is 13.4. The van der Waals surface area contributed by atoms with Crippen molar-refractivity contribution in [3.05, 3.63) is 70.3 Å². The van der Waals surface area contributed by atoms with Crippen LogP contribution in [-0.2, 0) is 14.3 Å². The Morgan fingerprint density at radius 2 is 1.85 bits per heavy atom. The maximum Gasteiger partial charge on any atom is 0.295 e. The minimum Gasteiger partial charge on any atom is -0.507 e. The van der Waals surface area contributed by atoms with Crippen LogP contribution < -0.4 is 4.74 Å². The first-order chi connectivity index (χ1) is 16.0. The van der Waals surface area contributed by atoms with E-state index in [1.807, 2.05) is 30.3 Å². The molecule has 0 saturated carbocycles. The number of nitrogens with zero attached hydrogens (tertiary/aromatic N) is 2.